The van der Waals surface area contributed by atoms with Gasteiger partial charge in [0.15, 0.2) is 5.82 Å². The zero-order chi connectivity index (χ0) is 9.10. The van der Waals surface area contributed by atoms with Crippen LogP contribution in [0.5, 0.6) is 0 Å². The second-order valence-corrected chi connectivity index (χ2v) is 3.87. The maximum atomic E-state index is 11.5. The summed E-state index contributed by atoms with van der Waals surface area (Å²) < 4.78 is 3.68. The van der Waals surface area contributed by atoms with Gasteiger partial charge in [-0.15, -0.1) is 5.10 Å². The lowest BCUT2D eigenvalue weighted by Gasteiger charge is -2.06. The van der Waals surface area contributed by atoms with E-state index in [-0.39, 0.29) is 11.8 Å². The van der Waals surface area contributed by atoms with Gasteiger partial charge >= 0.3 is 0 Å². The first-order chi connectivity index (χ1) is 6.36. The number of hydrogen-bond acceptors (Lipinski definition) is 4. The number of rotatable bonds is 2. The molecule has 5 heteroatoms. The zero-order valence-electron chi connectivity index (χ0n) is 7.19. The molecule has 70 valence electrons. The summed E-state index contributed by atoms with van der Waals surface area (Å²) in [7, 11) is 0. The van der Waals surface area contributed by atoms with E-state index in [2.05, 4.69) is 14.9 Å². The molecule has 1 saturated carbocycles. The second kappa shape index (κ2) is 3.83. The molecule has 0 unspecified atom stereocenters. The minimum absolute atomic E-state index is 0.102. The van der Waals surface area contributed by atoms with E-state index in [4.69, 9.17) is 0 Å². The molecule has 0 aliphatic heterocycles. The molecule has 1 aliphatic carbocycles. The quantitative estimate of drug-likeness (QED) is 0.784. The van der Waals surface area contributed by atoms with Crippen molar-refractivity contribution in [1.82, 2.24) is 9.59 Å². The third-order valence-electron chi connectivity index (χ3n) is 2.34. The molecule has 1 aliphatic rings. The highest BCUT2D eigenvalue weighted by molar-refractivity contribution is 7.03. The lowest BCUT2D eigenvalue weighted by molar-refractivity contribution is -0.119. The van der Waals surface area contributed by atoms with Gasteiger partial charge in [-0.2, -0.15) is 0 Å². The topological polar surface area (TPSA) is 54.9 Å². The normalized spacial score (nSPS) is 17.5. The van der Waals surface area contributed by atoms with Crippen LogP contribution in [-0.2, 0) is 4.79 Å². The SMILES string of the molecule is O=C(Nc1csnn1)C1CCCC1. The second-order valence-electron chi connectivity index (χ2n) is 3.26. The predicted octanol–water partition coefficient (Wildman–Crippen LogP) is 1.67. The van der Waals surface area contributed by atoms with Crippen molar-refractivity contribution < 1.29 is 4.79 Å². The molecule has 1 aromatic rings. The van der Waals surface area contributed by atoms with Gasteiger partial charge in [0.25, 0.3) is 0 Å². The Morgan fingerprint density at radius 2 is 2.31 bits per heavy atom. The molecule has 1 N–H and O–H groups in total. The van der Waals surface area contributed by atoms with Crippen LogP contribution in [0.15, 0.2) is 5.38 Å². The summed E-state index contributed by atoms with van der Waals surface area (Å²) in [6.07, 6.45) is 4.38. The Hall–Kier alpha value is -0.970. The molecule has 0 saturated heterocycles. The van der Waals surface area contributed by atoms with Crippen molar-refractivity contribution in [1.29, 1.82) is 0 Å². The van der Waals surface area contributed by atoms with Gasteiger partial charge < -0.3 is 5.32 Å². The van der Waals surface area contributed by atoms with Crippen LogP contribution in [0, 0.1) is 5.92 Å². The fourth-order valence-corrected chi connectivity index (χ4v) is 2.02. The fourth-order valence-electron chi connectivity index (χ4n) is 1.64. The molecule has 1 fully saturated rings. The van der Waals surface area contributed by atoms with Crippen LogP contribution in [0.1, 0.15) is 25.7 Å². The monoisotopic (exact) mass is 197 g/mol. The van der Waals surface area contributed by atoms with Gasteiger partial charge in [-0.1, -0.05) is 17.3 Å². The van der Waals surface area contributed by atoms with E-state index in [1.807, 2.05) is 0 Å². The molecule has 0 spiro atoms. The number of hydrogen-bond donors (Lipinski definition) is 1. The minimum atomic E-state index is 0.102. The van der Waals surface area contributed by atoms with Crippen LogP contribution in [0.4, 0.5) is 5.82 Å². The Balaban J connectivity index is 1.91. The van der Waals surface area contributed by atoms with Gasteiger partial charge in [-0.3, -0.25) is 4.79 Å². The molecule has 1 amide bonds. The van der Waals surface area contributed by atoms with E-state index < -0.39 is 0 Å². The largest absolute Gasteiger partial charge is 0.308 e. The van der Waals surface area contributed by atoms with Crippen LogP contribution < -0.4 is 5.32 Å². The van der Waals surface area contributed by atoms with E-state index in [0.717, 1.165) is 12.8 Å². The highest BCUT2D eigenvalue weighted by Crippen LogP contribution is 2.25. The molecule has 1 heterocycles. The number of aromatic nitrogens is 2. The number of nitrogens with zero attached hydrogens (tertiary/aromatic N) is 2. The lowest BCUT2D eigenvalue weighted by Crippen LogP contribution is -2.20. The maximum absolute atomic E-state index is 11.5. The van der Waals surface area contributed by atoms with Crippen molar-refractivity contribution >= 4 is 23.3 Å². The maximum Gasteiger partial charge on any atom is 0.228 e. The summed E-state index contributed by atoms with van der Waals surface area (Å²) >= 11 is 1.25. The molecule has 0 bridgehead atoms. The molecular formula is C8H11N3OS. The summed E-state index contributed by atoms with van der Waals surface area (Å²) in [5.41, 5.74) is 0. The smallest absolute Gasteiger partial charge is 0.228 e. The van der Waals surface area contributed by atoms with Crippen molar-refractivity contribution in [3.63, 3.8) is 0 Å². The zero-order valence-corrected chi connectivity index (χ0v) is 8.01. The predicted molar refractivity (Wildman–Crippen MR) is 50.5 cm³/mol. The van der Waals surface area contributed by atoms with Crippen molar-refractivity contribution in [3.8, 4) is 0 Å². The highest BCUT2D eigenvalue weighted by Gasteiger charge is 2.22. The van der Waals surface area contributed by atoms with Crippen molar-refractivity contribution in [2.75, 3.05) is 5.32 Å². The molecule has 0 radical (unpaired) electrons. The summed E-state index contributed by atoms with van der Waals surface area (Å²) in [4.78, 5) is 11.5. The number of carbonyl (C=O) groups is 1. The van der Waals surface area contributed by atoms with Crippen molar-refractivity contribution in [2.45, 2.75) is 25.7 Å². The van der Waals surface area contributed by atoms with Crippen LogP contribution in [0.3, 0.4) is 0 Å². The molecule has 4 nitrogen and oxygen atoms in total. The van der Waals surface area contributed by atoms with E-state index in [1.54, 1.807) is 5.38 Å². The first-order valence-electron chi connectivity index (χ1n) is 4.44. The Labute approximate surface area is 80.5 Å². The lowest BCUT2D eigenvalue weighted by atomic mass is 10.1. The third-order valence-corrected chi connectivity index (χ3v) is 2.84. The first-order valence-corrected chi connectivity index (χ1v) is 5.28. The molecule has 13 heavy (non-hydrogen) atoms. The molecule has 2 rings (SSSR count). The average molecular weight is 197 g/mol. The van der Waals surface area contributed by atoms with Gasteiger partial charge in [0.05, 0.1) is 5.38 Å². The van der Waals surface area contributed by atoms with Crippen molar-refractivity contribution in [3.05, 3.63) is 5.38 Å². The van der Waals surface area contributed by atoms with Gasteiger partial charge in [0.2, 0.25) is 5.91 Å². The molecular weight excluding hydrogens is 186 g/mol. The molecule has 1 aromatic heterocycles. The third kappa shape index (κ3) is 2.03. The Bertz CT molecular complexity index is 280. The van der Waals surface area contributed by atoms with Crippen LogP contribution >= 0.6 is 11.5 Å². The first kappa shape index (κ1) is 8.62. The fraction of sp³-hybridized carbons (Fsp3) is 0.625. The standard InChI is InChI=1S/C8H11N3OS/c12-8(6-3-1-2-4-6)9-7-5-13-11-10-7/h5-6H,1-4H2,(H,9,12). The summed E-state index contributed by atoms with van der Waals surface area (Å²) in [6.45, 7) is 0. The van der Waals surface area contributed by atoms with Crippen LogP contribution in [-0.4, -0.2) is 15.5 Å². The van der Waals surface area contributed by atoms with Crippen LogP contribution in [0.25, 0.3) is 0 Å². The van der Waals surface area contributed by atoms with E-state index in [9.17, 15) is 4.79 Å². The van der Waals surface area contributed by atoms with Gasteiger partial charge in [-0.25, -0.2) is 0 Å². The van der Waals surface area contributed by atoms with Crippen LogP contribution in [0.2, 0.25) is 0 Å². The van der Waals surface area contributed by atoms with Gasteiger partial charge in [0, 0.05) is 5.92 Å². The summed E-state index contributed by atoms with van der Waals surface area (Å²) in [6, 6.07) is 0. The Morgan fingerprint density at radius 3 is 2.92 bits per heavy atom. The number of amides is 1. The summed E-state index contributed by atoms with van der Waals surface area (Å²) in [5.74, 6) is 0.883. The van der Waals surface area contributed by atoms with E-state index in [1.165, 1.54) is 24.4 Å². The van der Waals surface area contributed by atoms with Crippen molar-refractivity contribution in [2.24, 2.45) is 5.92 Å². The Kier molecular flexibility index (Phi) is 2.54. The highest BCUT2D eigenvalue weighted by atomic mass is 32.1. The van der Waals surface area contributed by atoms with Gasteiger partial charge in [0.1, 0.15) is 0 Å². The molecule has 0 atom stereocenters. The van der Waals surface area contributed by atoms with Gasteiger partial charge in [-0.05, 0) is 24.4 Å². The summed E-state index contributed by atoms with van der Waals surface area (Å²) in [5, 5.41) is 8.27. The van der Waals surface area contributed by atoms with E-state index >= 15 is 0 Å². The Morgan fingerprint density at radius 1 is 1.54 bits per heavy atom. The van der Waals surface area contributed by atoms with E-state index in [0.29, 0.717) is 5.82 Å². The molecule has 0 aromatic carbocycles. The number of nitrogens with one attached hydrogen (secondary N) is 1. The number of anilines is 1. The average Bonchev–Trinajstić information content (AvgIpc) is 2.74. The number of carbonyl (C=O) groups excluding carboxylic acids is 1. The minimum Gasteiger partial charge on any atom is -0.308 e.